The van der Waals surface area contributed by atoms with Crippen LogP contribution in [0.5, 0.6) is 0 Å². The second-order valence-corrected chi connectivity index (χ2v) is 3.02. The average molecular weight is 180 g/mol. The number of hydrogen-bond acceptors (Lipinski definition) is 4. The summed E-state index contributed by atoms with van der Waals surface area (Å²) in [6.07, 6.45) is 1.72. The summed E-state index contributed by atoms with van der Waals surface area (Å²) in [6.45, 7) is 1.84. The first-order valence-electron chi connectivity index (χ1n) is 3.54. The maximum absolute atomic E-state index is 4.24. The zero-order chi connectivity index (χ0) is 8.72. The van der Waals surface area contributed by atoms with Gasteiger partial charge in [-0.1, -0.05) is 0 Å². The molecule has 0 N–H and O–H groups in total. The molecule has 2 aromatic rings. The van der Waals surface area contributed by atoms with Gasteiger partial charge in [-0.3, -0.25) is 4.68 Å². The van der Waals surface area contributed by atoms with Crippen LogP contribution in [-0.2, 0) is 7.05 Å². The number of thiol groups is 1. The number of aromatic nitrogens is 4. The van der Waals surface area contributed by atoms with Gasteiger partial charge in [0, 0.05) is 7.05 Å². The molecule has 0 amide bonds. The van der Waals surface area contributed by atoms with Crippen LogP contribution < -0.4 is 0 Å². The molecule has 0 saturated heterocycles. The Kier molecular flexibility index (Phi) is 1.54. The fraction of sp³-hybridized carbons (Fsp3) is 0.286. The van der Waals surface area contributed by atoms with Crippen LogP contribution in [0.4, 0.5) is 0 Å². The summed E-state index contributed by atoms with van der Waals surface area (Å²) in [6, 6.07) is 0. The van der Waals surface area contributed by atoms with E-state index in [0.717, 1.165) is 16.9 Å². The topological polar surface area (TPSA) is 43.6 Å². The van der Waals surface area contributed by atoms with Gasteiger partial charge in [0.25, 0.3) is 0 Å². The monoisotopic (exact) mass is 180 g/mol. The number of hydrogen-bond donors (Lipinski definition) is 1. The van der Waals surface area contributed by atoms with Crippen molar-refractivity contribution in [3.63, 3.8) is 0 Å². The summed E-state index contributed by atoms with van der Waals surface area (Å²) in [7, 11) is 1.85. The first-order chi connectivity index (χ1) is 5.68. The molecule has 0 atom stereocenters. The Morgan fingerprint density at radius 3 is 2.92 bits per heavy atom. The van der Waals surface area contributed by atoms with Crippen molar-refractivity contribution in [2.45, 2.75) is 11.9 Å². The molecule has 0 radical (unpaired) electrons. The minimum atomic E-state index is 0.686. The summed E-state index contributed by atoms with van der Waals surface area (Å²) in [5.41, 5.74) is 0.826. The molecule has 62 valence electrons. The van der Waals surface area contributed by atoms with Gasteiger partial charge in [-0.2, -0.15) is 5.10 Å². The van der Waals surface area contributed by atoms with Gasteiger partial charge in [-0.15, -0.1) is 12.6 Å². The Labute approximate surface area is 75.0 Å². The number of fused-ring (bicyclic) bond motifs is 1. The zero-order valence-corrected chi connectivity index (χ0v) is 7.71. The maximum atomic E-state index is 4.24. The van der Waals surface area contributed by atoms with Gasteiger partial charge in [0.05, 0.1) is 11.6 Å². The van der Waals surface area contributed by atoms with E-state index in [4.69, 9.17) is 0 Å². The molecule has 4 nitrogen and oxygen atoms in total. The quantitative estimate of drug-likeness (QED) is 0.485. The third kappa shape index (κ3) is 0.972. The van der Waals surface area contributed by atoms with Gasteiger partial charge >= 0.3 is 0 Å². The van der Waals surface area contributed by atoms with E-state index in [-0.39, 0.29) is 0 Å². The normalized spacial score (nSPS) is 10.9. The van der Waals surface area contributed by atoms with Gasteiger partial charge in [-0.25, -0.2) is 9.97 Å². The molecule has 0 saturated carbocycles. The minimum absolute atomic E-state index is 0.686. The molecule has 0 unspecified atom stereocenters. The average Bonchev–Trinajstić information content (AvgIpc) is 2.33. The standard InChI is InChI=1S/C7H8N4S/c1-4-9-6-5(7(12)10-4)3-8-11(6)2/h3H,1-2H3,(H,9,10,12). The van der Waals surface area contributed by atoms with Crippen molar-refractivity contribution in [3.8, 4) is 0 Å². The van der Waals surface area contributed by atoms with Crippen molar-refractivity contribution in [2.75, 3.05) is 0 Å². The number of rotatable bonds is 0. The molecular weight excluding hydrogens is 172 g/mol. The first-order valence-corrected chi connectivity index (χ1v) is 3.98. The van der Waals surface area contributed by atoms with Crippen LogP contribution in [0.1, 0.15) is 5.82 Å². The molecule has 0 fully saturated rings. The van der Waals surface area contributed by atoms with Crippen molar-refractivity contribution >= 4 is 23.7 Å². The van der Waals surface area contributed by atoms with Crippen molar-refractivity contribution in [2.24, 2.45) is 7.05 Å². The predicted molar refractivity (Wildman–Crippen MR) is 48.3 cm³/mol. The highest BCUT2D eigenvalue weighted by atomic mass is 32.1. The van der Waals surface area contributed by atoms with Crippen LogP contribution in [0.15, 0.2) is 11.2 Å². The van der Waals surface area contributed by atoms with E-state index in [2.05, 4.69) is 27.7 Å². The Balaban J connectivity index is 2.92. The molecule has 2 aromatic heterocycles. The molecule has 0 aliphatic rings. The molecule has 0 bridgehead atoms. The largest absolute Gasteiger partial charge is 0.250 e. The van der Waals surface area contributed by atoms with Gasteiger partial charge in [-0.05, 0) is 6.92 Å². The lowest BCUT2D eigenvalue weighted by atomic mass is 10.4. The highest BCUT2D eigenvalue weighted by molar-refractivity contribution is 7.80. The molecule has 2 heterocycles. The van der Waals surface area contributed by atoms with Crippen molar-refractivity contribution in [3.05, 3.63) is 12.0 Å². The summed E-state index contributed by atoms with van der Waals surface area (Å²) in [5, 5.41) is 5.64. The molecule has 0 aliphatic carbocycles. The molecule has 0 aliphatic heterocycles. The maximum Gasteiger partial charge on any atom is 0.162 e. The summed E-state index contributed by atoms with van der Waals surface area (Å²) in [4.78, 5) is 8.35. The SMILES string of the molecule is Cc1nc(S)c2cnn(C)c2n1. The number of aryl methyl sites for hydroxylation is 2. The van der Waals surface area contributed by atoms with Crippen LogP contribution in [0.25, 0.3) is 11.0 Å². The second kappa shape index (κ2) is 2.45. The third-order valence-electron chi connectivity index (χ3n) is 1.68. The van der Waals surface area contributed by atoms with Crippen molar-refractivity contribution in [1.29, 1.82) is 0 Å². The summed E-state index contributed by atoms with van der Waals surface area (Å²) in [5.74, 6) is 0.719. The summed E-state index contributed by atoms with van der Waals surface area (Å²) >= 11 is 4.23. The van der Waals surface area contributed by atoms with E-state index in [1.54, 1.807) is 10.9 Å². The number of nitrogens with zero attached hydrogens (tertiary/aromatic N) is 4. The predicted octanol–water partition coefficient (Wildman–Crippen LogP) is 0.960. The van der Waals surface area contributed by atoms with Gasteiger partial charge in [0.2, 0.25) is 0 Å². The molecule has 0 aromatic carbocycles. The molecule has 5 heteroatoms. The van der Waals surface area contributed by atoms with Crippen LogP contribution in [0, 0.1) is 6.92 Å². The Bertz CT molecular complexity index is 434. The molecule has 12 heavy (non-hydrogen) atoms. The van der Waals surface area contributed by atoms with Gasteiger partial charge < -0.3 is 0 Å². The van der Waals surface area contributed by atoms with Crippen LogP contribution in [0.2, 0.25) is 0 Å². The van der Waals surface area contributed by atoms with Crippen molar-refractivity contribution < 1.29 is 0 Å². The highest BCUT2D eigenvalue weighted by Crippen LogP contribution is 2.16. The molecule has 0 spiro atoms. The van der Waals surface area contributed by atoms with E-state index in [0.29, 0.717) is 5.03 Å². The van der Waals surface area contributed by atoms with E-state index < -0.39 is 0 Å². The van der Waals surface area contributed by atoms with Crippen LogP contribution in [0.3, 0.4) is 0 Å². The highest BCUT2D eigenvalue weighted by Gasteiger charge is 2.05. The molecular formula is C7H8N4S. The van der Waals surface area contributed by atoms with Gasteiger partial charge in [0.1, 0.15) is 10.9 Å². The van der Waals surface area contributed by atoms with Crippen LogP contribution >= 0.6 is 12.6 Å². The third-order valence-corrected chi connectivity index (χ3v) is 2.02. The smallest absolute Gasteiger partial charge is 0.162 e. The first kappa shape index (κ1) is 7.54. The second-order valence-electron chi connectivity index (χ2n) is 2.60. The van der Waals surface area contributed by atoms with E-state index >= 15 is 0 Å². The minimum Gasteiger partial charge on any atom is -0.250 e. The fourth-order valence-electron chi connectivity index (χ4n) is 1.11. The lowest BCUT2D eigenvalue weighted by Gasteiger charge is -1.96. The van der Waals surface area contributed by atoms with Crippen LogP contribution in [-0.4, -0.2) is 19.7 Å². The zero-order valence-electron chi connectivity index (χ0n) is 6.81. The van der Waals surface area contributed by atoms with E-state index in [9.17, 15) is 0 Å². The summed E-state index contributed by atoms with van der Waals surface area (Å²) < 4.78 is 1.71. The van der Waals surface area contributed by atoms with Gasteiger partial charge in [0.15, 0.2) is 5.65 Å². The lowest BCUT2D eigenvalue weighted by molar-refractivity contribution is 0.781. The van der Waals surface area contributed by atoms with E-state index in [1.165, 1.54) is 0 Å². The Morgan fingerprint density at radius 1 is 1.42 bits per heavy atom. The fourth-order valence-corrected chi connectivity index (χ4v) is 1.42. The molecule has 2 rings (SSSR count). The van der Waals surface area contributed by atoms with E-state index in [1.807, 2.05) is 14.0 Å². The Hall–Kier alpha value is -1.10. The Morgan fingerprint density at radius 2 is 2.17 bits per heavy atom. The van der Waals surface area contributed by atoms with Crippen molar-refractivity contribution in [1.82, 2.24) is 19.7 Å². The lowest BCUT2D eigenvalue weighted by Crippen LogP contribution is -1.95.